The fourth-order valence-corrected chi connectivity index (χ4v) is 2.63. The average molecular weight is 276 g/mol. The molecule has 1 aliphatic heterocycles. The number of hydrogen-bond acceptors (Lipinski definition) is 2. The van der Waals surface area contributed by atoms with Crippen molar-refractivity contribution in [2.45, 2.75) is 45.2 Å². The van der Waals surface area contributed by atoms with E-state index in [-0.39, 0.29) is 5.91 Å². The van der Waals surface area contributed by atoms with E-state index in [4.69, 9.17) is 0 Å². The lowest BCUT2D eigenvalue weighted by Crippen LogP contribution is -2.55. The quantitative estimate of drug-likeness (QED) is 0.828. The summed E-state index contributed by atoms with van der Waals surface area (Å²) in [5.41, 5.74) is 1.20. The van der Waals surface area contributed by atoms with Gasteiger partial charge in [-0.25, -0.2) is 4.79 Å². The number of hydrogen-bond donors (Lipinski definition) is 2. The largest absolute Gasteiger partial charge is 0.465 e. The molecule has 2 rings (SSSR count). The number of para-hydroxylation sites is 1. The highest BCUT2D eigenvalue weighted by Gasteiger charge is 2.38. The van der Waals surface area contributed by atoms with Crippen molar-refractivity contribution >= 4 is 17.7 Å². The Balaban J connectivity index is 2.31. The number of rotatable bonds is 1. The third kappa shape index (κ3) is 2.76. The van der Waals surface area contributed by atoms with Crippen LogP contribution in [0, 0.1) is 0 Å². The maximum Gasteiger partial charge on any atom is 0.408 e. The van der Waals surface area contributed by atoms with E-state index in [1.54, 1.807) is 20.8 Å². The van der Waals surface area contributed by atoms with Gasteiger partial charge in [0.05, 0.1) is 0 Å². The second-order valence-corrected chi connectivity index (χ2v) is 6.02. The number of carbonyl (C=O) groups is 2. The van der Waals surface area contributed by atoms with Crippen LogP contribution in [0.1, 0.15) is 32.8 Å². The van der Waals surface area contributed by atoms with Crippen molar-refractivity contribution in [1.29, 1.82) is 0 Å². The van der Waals surface area contributed by atoms with Gasteiger partial charge in [0.2, 0.25) is 5.91 Å². The molecule has 1 heterocycles. The van der Waals surface area contributed by atoms with Gasteiger partial charge in [-0.3, -0.25) is 9.69 Å². The first-order chi connectivity index (χ1) is 9.30. The second-order valence-electron chi connectivity index (χ2n) is 6.02. The molecule has 1 aliphatic rings. The molecule has 1 aromatic carbocycles. The van der Waals surface area contributed by atoms with E-state index < -0.39 is 17.7 Å². The lowest BCUT2D eigenvalue weighted by Gasteiger charge is -2.38. The van der Waals surface area contributed by atoms with Gasteiger partial charge in [-0.2, -0.15) is 0 Å². The van der Waals surface area contributed by atoms with Crippen LogP contribution in [-0.4, -0.2) is 33.6 Å². The van der Waals surface area contributed by atoms with Crippen molar-refractivity contribution in [2.75, 3.05) is 5.32 Å². The number of anilines is 1. The monoisotopic (exact) mass is 276 g/mol. The third-order valence-electron chi connectivity index (χ3n) is 3.51. The number of carbonyl (C=O) groups excluding carboxylic acids is 1. The molecule has 5 heteroatoms. The standard InChI is InChI=1S/C15H20N2O3/c1-15(2,3)17(14(19)20)12-9-8-10-6-4-5-7-11(10)16-13(12)18/h4-7,12H,8-9H2,1-3H3,(H,16,18)(H,19,20). The smallest absolute Gasteiger partial charge is 0.408 e. The minimum Gasteiger partial charge on any atom is -0.465 e. The van der Waals surface area contributed by atoms with Gasteiger partial charge < -0.3 is 10.4 Å². The first-order valence-corrected chi connectivity index (χ1v) is 6.72. The van der Waals surface area contributed by atoms with Crippen LogP contribution in [0.15, 0.2) is 24.3 Å². The molecule has 0 fully saturated rings. The number of benzene rings is 1. The zero-order valence-corrected chi connectivity index (χ0v) is 12.0. The SMILES string of the molecule is CC(C)(C)N(C(=O)O)C1CCc2ccccc2NC1=O. The molecule has 0 aromatic heterocycles. The second kappa shape index (κ2) is 5.15. The van der Waals surface area contributed by atoms with Gasteiger partial charge in [0.1, 0.15) is 6.04 Å². The minimum atomic E-state index is -1.07. The number of nitrogens with one attached hydrogen (secondary N) is 1. The van der Waals surface area contributed by atoms with Crippen molar-refractivity contribution in [1.82, 2.24) is 4.90 Å². The summed E-state index contributed by atoms with van der Waals surface area (Å²) in [5, 5.41) is 12.3. The molecule has 0 radical (unpaired) electrons. The predicted molar refractivity (Wildman–Crippen MR) is 76.8 cm³/mol. The fraction of sp³-hybridized carbons (Fsp3) is 0.467. The van der Waals surface area contributed by atoms with E-state index in [1.165, 1.54) is 4.90 Å². The molecule has 1 atom stereocenters. The van der Waals surface area contributed by atoms with Gasteiger partial charge in [0.15, 0.2) is 0 Å². The normalized spacial score (nSPS) is 18.8. The van der Waals surface area contributed by atoms with Crippen molar-refractivity contribution in [3.8, 4) is 0 Å². The molecular formula is C15H20N2O3. The number of nitrogens with zero attached hydrogens (tertiary/aromatic N) is 1. The van der Waals surface area contributed by atoms with Crippen molar-refractivity contribution in [2.24, 2.45) is 0 Å². The Morgan fingerprint density at radius 3 is 2.60 bits per heavy atom. The Kier molecular flexibility index (Phi) is 3.70. The van der Waals surface area contributed by atoms with Gasteiger partial charge in [-0.15, -0.1) is 0 Å². The molecule has 0 bridgehead atoms. The molecule has 0 spiro atoms. The number of carboxylic acid groups (broad SMARTS) is 1. The molecule has 20 heavy (non-hydrogen) atoms. The van der Waals surface area contributed by atoms with E-state index in [2.05, 4.69) is 5.32 Å². The van der Waals surface area contributed by atoms with Crippen LogP contribution in [0.25, 0.3) is 0 Å². The third-order valence-corrected chi connectivity index (χ3v) is 3.51. The minimum absolute atomic E-state index is 0.257. The topological polar surface area (TPSA) is 69.6 Å². The average Bonchev–Trinajstić information content (AvgIpc) is 2.47. The molecule has 1 aromatic rings. The van der Waals surface area contributed by atoms with Gasteiger partial charge in [0.25, 0.3) is 0 Å². The van der Waals surface area contributed by atoms with Gasteiger partial charge in [-0.1, -0.05) is 18.2 Å². The molecular weight excluding hydrogens is 256 g/mol. The highest BCUT2D eigenvalue weighted by molar-refractivity contribution is 5.97. The zero-order chi connectivity index (χ0) is 14.9. The van der Waals surface area contributed by atoms with Gasteiger partial charge in [-0.05, 0) is 45.2 Å². The van der Waals surface area contributed by atoms with E-state index in [9.17, 15) is 14.7 Å². The van der Waals surface area contributed by atoms with Crippen molar-refractivity contribution in [3.63, 3.8) is 0 Å². The van der Waals surface area contributed by atoms with Crippen LogP contribution in [0.3, 0.4) is 0 Å². The highest BCUT2D eigenvalue weighted by atomic mass is 16.4. The molecule has 108 valence electrons. The Labute approximate surface area is 118 Å². The Morgan fingerprint density at radius 1 is 1.35 bits per heavy atom. The molecule has 2 N–H and O–H groups in total. The lowest BCUT2D eigenvalue weighted by molar-refractivity contribution is -0.122. The molecule has 0 saturated carbocycles. The van der Waals surface area contributed by atoms with Gasteiger partial charge in [0, 0.05) is 11.2 Å². The molecule has 0 aliphatic carbocycles. The Morgan fingerprint density at radius 2 is 2.00 bits per heavy atom. The summed E-state index contributed by atoms with van der Waals surface area (Å²) in [7, 11) is 0. The van der Waals surface area contributed by atoms with Crippen molar-refractivity contribution in [3.05, 3.63) is 29.8 Å². The molecule has 5 nitrogen and oxygen atoms in total. The summed E-state index contributed by atoms with van der Waals surface area (Å²) in [5.74, 6) is -0.257. The van der Waals surface area contributed by atoms with Crippen molar-refractivity contribution < 1.29 is 14.7 Å². The van der Waals surface area contributed by atoms with E-state index in [1.807, 2.05) is 24.3 Å². The summed E-state index contributed by atoms with van der Waals surface area (Å²) in [4.78, 5) is 25.1. The summed E-state index contributed by atoms with van der Waals surface area (Å²) < 4.78 is 0. The first kappa shape index (κ1) is 14.4. The van der Waals surface area contributed by atoms with Crippen LogP contribution in [0.4, 0.5) is 10.5 Å². The summed E-state index contributed by atoms with van der Waals surface area (Å²) in [6.07, 6.45) is 0.106. The summed E-state index contributed by atoms with van der Waals surface area (Å²) in [6, 6.07) is 6.92. The maximum atomic E-state index is 12.4. The molecule has 2 amide bonds. The van der Waals surface area contributed by atoms with Crippen LogP contribution in [0.5, 0.6) is 0 Å². The number of fused-ring (bicyclic) bond motifs is 1. The molecule has 1 unspecified atom stereocenters. The van der Waals surface area contributed by atoms with Crippen LogP contribution >= 0.6 is 0 Å². The zero-order valence-electron chi connectivity index (χ0n) is 12.0. The highest BCUT2D eigenvalue weighted by Crippen LogP contribution is 2.27. The lowest BCUT2D eigenvalue weighted by atomic mass is 9.99. The fourth-order valence-electron chi connectivity index (χ4n) is 2.63. The Hall–Kier alpha value is -2.04. The predicted octanol–water partition coefficient (Wildman–Crippen LogP) is 2.72. The summed E-state index contributed by atoms with van der Waals surface area (Å²) in [6.45, 7) is 5.39. The van der Waals surface area contributed by atoms with E-state index >= 15 is 0 Å². The van der Waals surface area contributed by atoms with Crippen LogP contribution in [0.2, 0.25) is 0 Å². The number of aryl methyl sites for hydroxylation is 1. The summed E-state index contributed by atoms with van der Waals surface area (Å²) >= 11 is 0. The van der Waals surface area contributed by atoms with E-state index in [0.29, 0.717) is 12.8 Å². The molecule has 0 saturated heterocycles. The van der Waals surface area contributed by atoms with Crippen LogP contribution in [-0.2, 0) is 11.2 Å². The van der Waals surface area contributed by atoms with Gasteiger partial charge >= 0.3 is 6.09 Å². The van der Waals surface area contributed by atoms with Crippen LogP contribution < -0.4 is 5.32 Å². The first-order valence-electron chi connectivity index (χ1n) is 6.72. The maximum absolute atomic E-state index is 12.4. The van der Waals surface area contributed by atoms with E-state index in [0.717, 1.165) is 11.3 Å². The Bertz CT molecular complexity index is 534. The number of amides is 2.